The van der Waals surface area contributed by atoms with Crippen molar-refractivity contribution in [2.75, 3.05) is 32.1 Å². The maximum absolute atomic E-state index is 12.1. The Morgan fingerprint density at radius 1 is 1.20 bits per heavy atom. The van der Waals surface area contributed by atoms with Crippen molar-refractivity contribution in [1.82, 2.24) is 4.90 Å². The van der Waals surface area contributed by atoms with Crippen LogP contribution in [0.5, 0.6) is 0 Å². The minimum atomic E-state index is 0.0622. The molecular formula is C30H41BrN2O2. The fraction of sp³-hybridized carbons (Fsp3) is 0.367. The molecule has 1 heterocycles. The van der Waals surface area contributed by atoms with Crippen molar-refractivity contribution < 1.29 is 9.53 Å². The van der Waals surface area contributed by atoms with Crippen molar-refractivity contribution in [3.8, 4) is 0 Å². The molecule has 1 aliphatic rings. The molecule has 0 fully saturated rings. The van der Waals surface area contributed by atoms with Gasteiger partial charge >= 0.3 is 0 Å². The van der Waals surface area contributed by atoms with Gasteiger partial charge in [-0.25, -0.2) is 0 Å². The van der Waals surface area contributed by atoms with Crippen LogP contribution in [-0.2, 0) is 16.0 Å². The Morgan fingerprint density at radius 2 is 1.89 bits per heavy atom. The van der Waals surface area contributed by atoms with Gasteiger partial charge in [-0.1, -0.05) is 72.8 Å². The molecule has 0 saturated heterocycles. The average molecular weight is 542 g/mol. The lowest BCUT2D eigenvalue weighted by molar-refractivity contribution is -0.126. The van der Waals surface area contributed by atoms with Gasteiger partial charge in [0.05, 0.1) is 6.61 Å². The summed E-state index contributed by atoms with van der Waals surface area (Å²) in [5, 5.41) is 0. The first-order valence-corrected chi connectivity index (χ1v) is 12.8. The van der Waals surface area contributed by atoms with Gasteiger partial charge in [-0.2, -0.15) is 0 Å². The van der Waals surface area contributed by atoms with Gasteiger partial charge in [0.15, 0.2) is 0 Å². The van der Waals surface area contributed by atoms with Crippen LogP contribution in [0.2, 0.25) is 0 Å². The molecule has 0 radical (unpaired) electrons. The molecule has 0 bridgehead atoms. The van der Waals surface area contributed by atoms with Crippen LogP contribution in [0.15, 0.2) is 95.4 Å². The maximum Gasteiger partial charge on any atom is 0.223 e. The highest BCUT2D eigenvalue weighted by Gasteiger charge is 2.12. The number of carbonyl (C=O) groups is 1. The van der Waals surface area contributed by atoms with E-state index in [2.05, 4.69) is 77.7 Å². The quantitative estimate of drug-likeness (QED) is 0.318. The third-order valence-electron chi connectivity index (χ3n) is 5.04. The topological polar surface area (TPSA) is 32.8 Å². The van der Waals surface area contributed by atoms with E-state index in [4.69, 9.17) is 4.74 Å². The largest absolute Gasteiger partial charge is 0.494 e. The Kier molecular flexibility index (Phi) is 14.5. The van der Waals surface area contributed by atoms with E-state index in [-0.39, 0.29) is 5.91 Å². The standard InChI is InChI=1S/C22H32N2O.C8H9BrO/c1-7-9-22(11-8-10-18(2)3)24(19(4)25)17-16-20-12-14-21(15-13-20)23(5)6;1-7-4-5-8(9)3-2-6-10-7/h7-15,18H,16-17H2,1-6H3;3-5H,1-2,6H2/b9-7-,10-8+,22-11+;5-4-,8-3+. The molecule has 0 unspecified atom stereocenters. The number of nitrogens with zero attached hydrogens (tertiary/aromatic N) is 2. The third-order valence-corrected chi connectivity index (χ3v) is 5.63. The lowest BCUT2D eigenvalue weighted by Gasteiger charge is -2.22. The van der Waals surface area contributed by atoms with Crippen LogP contribution in [0.3, 0.4) is 0 Å². The Hall–Kier alpha value is -2.79. The molecule has 1 aromatic carbocycles. The van der Waals surface area contributed by atoms with Crippen LogP contribution in [0.25, 0.3) is 0 Å². The van der Waals surface area contributed by atoms with Crippen molar-refractivity contribution in [2.45, 2.75) is 40.5 Å². The molecule has 0 atom stereocenters. The predicted octanol–water partition coefficient (Wildman–Crippen LogP) is 7.57. The normalized spacial score (nSPS) is 16.6. The summed E-state index contributed by atoms with van der Waals surface area (Å²) in [4.78, 5) is 16.1. The van der Waals surface area contributed by atoms with Gasteiger partial charge in [0.1, 0.15) is 5.76 Å². The molecule has 1 amide bonds. The van der Waals surface area contributed by atoms with Gasteiger partial charge in [-0.05, 0) is 61.3 Å². The molecule has 4 nitrogen and oxygen atoms in total. The smallest absolute Gasteiger partial charge is 0.223 e. The zero-order valence-electron chi connectivity index (χ0n) is 22.1. The number of anilines is 1. The Bertz CT molecular complexity index is 951. The van der Waals surface area contributed by atoms with Crippen LogP contribution in [0.4, 0.5) is 5.69 Å². The number of rotatable bonds is 8. The summed E-state index contributed by atoms with van der Waals surface area (Å²) in [5.41, 5.74) is 3.34. The second kappa shape index (κ2) is 16.8. The van der Waals surface area contributed by atoms with Crippen molar-refractivity contribution in [1.29, 1.82) is 0 Å². The lowest BCUT2D eigenvalue weighted by Crippen LogP contribution is -2.29. The first kappa shape index (κ1) is 30.2. The highest BCUT2D eigenvalue weighted by atomic mass is 79.9. The van der Waals surface area contributed by atoms with E-state index >= 15 is 0 Å². The van der Waals surface area contributed by atoms with Crippen LogP contribution >= 0.6 is 15.9 Å². The van der Waals surface area contributed by atoms with Crippen LogP contribution in [0, 0.1) is 5.92 Å². The number of amides is 1. The minimum absolute atomic E-state index is 0.0622. The van der Waals surface area contributed by atoms with Gasteiger partial charge in [-0.3, -0.25) is 4.79 Å². The SMILES string of the molecule is C=C1/C=C\C(Br)=C/CCO1.C\C=C/C(=C\C=C\C(C)C)N(CCc1ccc(N(C)C)cc1)C(C)=O. The fourth-order valence-corrected chi connectivity index (χ4v) is 3.49. The van der Waals surface area contributed by atoms with Crippen LogP contribution < -0.4 is 4.90 Å². The second-order valence-corrected chi connectivity index (χ2v) is 9.64. The van der Waals surface area contributed by atoms with E-state index < -0.39 is 0 Å². The van der Waals surface area contributed by atoms with Crippen molar-refractivity contribution in [3.05, 3.63) is 101 Å². The number of carbonyl (C=O) groups excluding carboxylic acids is 1. The maximum atomic E-state index is 12.1. The number of ether oxygens (including phenoxy) is 1. The van der Waals surface area contributed by atoms with Crippen LogP contribution in [0.1, 0.15) is 39.7 Å². The molecule has 0 spiro atoms. The van der Waals surface area contributed by atoms with Crippen molar-refractivity contribution in [2.24, 2.45) is 5.92 Å². The van der Waals surface area contributed by atoms with Gasteiger partial charge in [-0.15, -0.1) is 0 Å². The van der Waals surface area contributed by atoms with Crippen molar-refractivity contribution in [3.63, 3.8) is 0 Å². The van der Waals surface area contributed by atoms with Gasteiger partial charge in [0.2, 0.25) is 5.91 Å². The van der Waals surface area contributed by atoms with Crippen LogP contribution in [-0.4, -0.2) is 38.1 Å². The molecule has 0 aliphatic carbocycles. The highest BCUT2D eigenvalue weighted by Crippen LogP contribution is 2.15. The molecule has 35 heavy (non-hydrogen) atoms. The number of hydrogen-bond donors (Lipinski definition) is 0. The third kappa shape index (κ3) is 13.0. The number of halogens is 1. The summed E-state index contributed by atoms with van der Waals surface area (Å²) in [6.45, 7) is 13.0. The molecule has 0 aromatic heterocycles. The summed E-state index contributed by atoms with van der Waals surface area (Å²) in [5.74, 6) is 1.28. The van der Waals surface area contributed by atoms with E-state index in [1.54, 1.807) is 6.92 Å². The molecule has 190 valence electrons. The van der Waals surface area contributed by atoms with E-state index in [1.165, 1.54) is 11.3 Å². The second-order valence-electron chi connectivity index (χ2n) is 8.73. The summed E-state index contributed by atoms with van der Waals surface area (Å²) in [7, 11) is 4.07. The highest BCUT2D eigenvalue weighted by molar-refractivity contribution is 9.11. The van der Waals surface area contributed by atoms with E-state index in [0.717, 1.165) is 35.4 Å². The number of benzene rings is 1. The summed E-state index contributed by atoms with van der Waals surface area (Å²) in [6, 6.07) is 8.49. The Balaban J connectivity index is 0.000000507. The summed E-state index contributed by atoms with van der Waals surface area (Å²) in [6.07, 6.45) is 17.7. The zero-order chi connectivity index (χ0) is 26.2. The molecular weight excluding hydrogens is 500 g/mol. The Morgan fingerprint density at radius 3 is 2.46 bits per heavy atom. The molecule has 0 N–H and O–H groups in total. The predicted molar refractivity (Wildman–Crippen MR) is 155 cm³/mol. The van der Waals surface area contributed by atoms with E-state index in [0.29, 0.717) is 12.5 Å². The summed E-state index contributed by atoms with van der Waals surface area (Å²) < 4.78 is 6.28. The Labute approximate surface area is 221 Å². The molecule has 2 rings (SSSR count). The number of allylic oxidation sites excluding steroid dienone is 8. The fourth-order valence-electron chi connectivity index (χ4n) is 3.13. The summed E-state index contributed by atoms with van der Waals surface area (Å²) >= 11 is 3.38. The van der Waals surface area contributed by atoms with Gasteiger partial charge in [0.25, 0.3) is 0 Å². The van der Waals surface area contributed by atoms with Gasteiger partial charge in [0, 0.05) is 49.9 Å². The van der Waals surface area contributed by atoms with E-state index in [9.17, 15) is 4.79 Å². The minimum Gasteiger partial charge on any atom is -0.494 e. The van der Waals surface area contributed by atoms with Gasteiger partial charge < -0.3 is 14.5 Å². The monoisotopic (exact) mass is 540 g/mol. The first-order valence-electron chi connectivity index (χ1n) is 12.0. The molecule has 5 heteroatoms. The molecule has 0 saturated carbocycles. The van der Waals surface area contributed by atoms with Crippen molar-refractivity contribution >= 4 is 27.5 Å². The molecule has 1 aliphatic heterocycles. The van der Waals surface area contributed by atoms with E-state index in [1.807, 2.05) is 62.4 Å². The average Bonchev–Trinajstić information content (AvgIpc) is 2.79. The lowest BCUT2D eigenvalue weighted by atomic mass is 10.1. The first-order chi connectivity index (χ1) is 16.6. The molecule has 1 aromatic rings. The zero-order valence-corrected chi connectivity index (χ0v) is 23.7. The number of hydrogen-bond acceptors (Lipinski definition) is 3.